The van der Waals surface area contributed by atoms with Gasteiger partial charge in [0, 0.05) is 18.8 Å². The van der Waals surface area contributed by atoms with E-state index in [1.165, 1.54) is 11.3 Å². The molecule has 4 rings (SSSR count). The Morgan fingerprint density at radius 1 is 0.906 bits per heavy atom. The summed E-state index contributed by atoms with van der Waals surface area (Å²) in [6.45, 7) is 15.9. The molecule has 0 spiro atoms. The summed E-state index contributed by atoms with van der Waals surface area (Å²) < 4.78 is 5.89. The molecule has 0 saturated carbocycles. The zero-order valence-corrected chi connectivity index (χ0v) is 20.4. The molecule has 1 atom stereocenters. The number of nitrogens with one attached hydrogen (secondary N) is 3. The van der Waals surface area contributed by atoms with E-state index in [9.17, 15) is 0 Å². The summed E-state index contributed by atoms with van der Waals surface area (Å²) in [7, 11) is 0. The molecule has 2 aliphatic rings. The number of aliphatic imine (C=N–C) groups is 2. The standard InChI is InChI=1S/C12H17N3.C12H16N2O.C2H6/c1-9-5-3-4-6-11(9)15-10(2)12-13-7-8-14-12;1-12(2,11-13-8-9-14-11)15-10-6-4-3-5-7-10;1-2/h3-6,10,15H,7-8H2,1-2H3,(H,13,14);3-7H,8-9H2,1-2H3,(H,13,14);1-2H3. The average Bonchev–Trinajstić information content (AvgIpc) is 3.53. The van der Waals surface area contributed by atoms with E-state index in [1.807, 2.05) is 64.1 Å². The van der Waals surface area contributed by atoms with Crippen LogP contribution >= 0.6 is 0 Å². The first-order valence-corrected chi connectivity index (χ1v) is 11.6. The van der Waals surface area contributed by atoms with Crippen LogP contribution in [0.3, 0.4) is 0 Å². The molecule has 174 valence electrons. The fraction of sp³-hybridized carbons (Fsp3) is 0.462. The summed E-state index contributed by atoms with van der Waals surface area (Å²) in [6, 6.07) is 18.4. The molecule has 2 heterocycles. The van der Waals surface area contributed by atoms with Crippen LogP contribution in [0, 0.1) is 6.92 Å². The molecule has 3 N–H and O–H groups in total. The topological polar surface area (TPSA) is 70.0 Å². The lowest BCUT2D eigenvalue weighted by Crippen LogP contribution is -2.44. The highest BCUT2D eigenvalue weighted by molar-refractivity contribution is 5.91. The molecule has 1 unspecified atom stereocenters. The number of anilines is 1. The number of para-hydroxylation sites is 2. The molecule has 6 nitrogen and oxygen atoms in total. The van der Waals surface area contributed by atoms with Crippen LogP contribution in [0.2, 0.25) is 0 Å². The van der Waals surface area contributed by atoms with Crippen molar-refractivity contribution in [2.24, 2.45) is 9.98 Å². The third-order valence-electron chi connectivity index (χ3n) is 4.99. The van der Waals surface area contributed by atoms with Crippen molar-refractivity contribution in [2.45, 2.75) is 53.2 Å². The predicted octanol–water partition coefficient (Wildman–Crippen LogP) is 4.67. The Morgan fingerprint density at radius 2 is 1.53 bits per heavy atom. The Labute approximate surface area is 193 Å². The number of rotatable bonds is 6. The number of hydrogen-bond donors (Lipinski definition) is 3. The maximum atomic E-state index is 5.89. The van der Waals surface area contributed by atoms with Crippen LogP contribution < -0.4 is 20.7 Å². The van der Waals surface area contributed by atoms with Crippen molar-refractivity contribution in [2.75, 3.05) is 31.5 Å². The number of aryl methyl sites for hydroxylation is 1. The van der Waals surface area contributed by atoms with E-state index in [1.54, 1.807) is 0 Å². The minimum absolute atomic E-state index is 0.258. The van der Waals surface area contributed by atoms with E-state index < -0.39 is 0 Å². The molecule has 2 aromatic carbocycles. The number of ether oxygens (including phenoxy) is 1. The number of nitrogens with zero attached hydrogens (tertiary/aromatic N) is 2. The van der Waals surface area contributed by atoms with Gasteiger partial charge in [-0.05, 0) is 51.5 Å². The van der Waals surface area contributed by atoms with Crippen LogP contribution in [0.25, 0.3) is 0 Å². The number of amidine groups is 2. The maximum absolute atomic E-state index is 5.89. The number of benzene rings is 2. The van der Waals surface area contributed by atoms with E-state index in [0.717, 1.165) is 43.6 Å². The first kappa shape index (κ1) is 25.2. The molecule has 2 aromatic rings. The molecule has 2 aliphatic heterocycles. The summed E-state index contributed by atoms with van der Waals surface area (Å²) in [6.07, 6.45) is 0. The molecule has 32 heavy (non-hydrogen) atoms. The van der Waals surface area contributed by atoms with Crippen molar-refractivity contribution in [1.82, 2.24) is 10.6 Å². The smallest absolute Gasteiger partial charge is 0.160 e. The lowest BCUT2D eigenvalue weighted by Gasteiger charge is -2.26. The first-order valence-electron chi connectivity index (χ1n) is 11.6. The highest BCUT2D eigenvalue weighted by Crippen LogP contribution is 2.19. The van der Waals surface area contributed by atoms with Crippen molar-refractivity contribution in [3.8, 4) is 5.75 Å². The summed E-state index contributed by atoms with van der Waals surface area (Å²) in [5.74, 6) is 2.88. The van der Waals surface area contributed by atoms with Gasteiger partial charge in [0.25, 0.3) is 0 Å². The average molecular weight is 438 g/mol. The monoisotopic (exact) mass is 437 g/mol. The molecule has 0 aliphatic carbocycles. The summed E-state index contributed by atoms with van der Waals surface area (Å²) in [5.41, 5.74) is 2.07. The quantitative estimate of drug-likeness (QED) is 0.614. The molecule has 0 bridgehead atoms. The van der Waals surface area contributed by atoms with Gasteiger partial charge in [0.1, 0.15) is 17.4 Å². The Morgan fingerprint density at radius 3 is 2.12 bits per heavy atom. The fourth-order valence-corrected chi connectivity index (χ4v) is 3.38. The Hall–Kier alpha value is -3.02. The highest BCUT2D eigenvalue weighted by Gasteiger charge is 2.29. The van der Waals surface area contributed by atoms with Crippen LogP contribution in [0.15, 0.2) is 64.6 Å². The van der Waals surface area contributed by atoms with Gasteiger partial charge in [-0.2, -0.15) is 0 Å². The second-order valence-electron chi connectivity index (χ2n) is 7.96. The number of hydrogen-bond acceptors (Lipinski definition) is 6. The lowest BCUT2D eigenvalue weighted by molar-refractivity contribution is 0.179. The van der Waals surface area contributed by atoms with Gasteiger partial charge in [-0.15, -0.1) is 0 Å². The molecule has 0 saturated heterocycles. The van der Waals surface area contributed by atoms with Gasteiger partial charge in [0.2, 0.25) is 0 Å². The minimum Gasteiger partial charge on any atom is -0.480 e. The van der Waals surface area contributed by atoms with Crippen molar-refractivity contribution in [3.63, 3.8) is 0 Å². The molecular weight excluding hydrogens is 398 g/mol. The molecule has 6 heteroatoms. The first-order chi connectivity index (χ1) is 15.5. The highest BCUT2D eigenvalue weighted by atomic mass is 16.5. The van der Waals surface area contributed by atoms with Crippen molar-refractivity contribution < 1.29 is 4.74 Å². The second kappa shape index (κ2) is 12.7. The predicted molar refractivity (Wildman–Crippen MR) is 137 cm³/mol. The molecule has 0 radical (unpaired) electrons. The van der Waals surface area contributed by atoms with E-state index in [0.29, 0.717) is 0 Å². The summed E-state index contributed by atoms with van der Waals surface area (Å²) in [4.78, 5) is 8.79. The van der Waals surface area contributed by atoms with Gasteiger partial charge in [-0.3, -0.25) is 9.98 Å². The fourth-order valence-electron chi connectivity index (χ4n) is 3.38. The Kier molecular flexibility index (Phi) is 10.1. The summed E-state index contributed by atoms with van der Waals surface area (Å²) >= 11 is 0. The van der Waals surface area contributed by atoms with Gasteiger partial charge in [0.15, 0.2) is 5.60 Å². The minimum atomic E-state index is -0.377. The second-order valence-corrected chi connectivity index (χ2v) is 7.96. The molecule has 0 amide bonds. The van der Waals surface area contributed by atoms with Gasteiger partial charge in [-0.25, -0.2) is 0 Å². The zero-order chi connectivity index (χ0) is 23.4. The van der Waals surface area contributed by atoms with E-state index >= 15 is 0 Å². The maximum Gasteiger partial charge on any atom is 0.160 e. The van der Waals surface area contributed by atoms with Crippen LogP contribution in [0.1, 0.15) is 40.2 Å². The van der Waals surface area contributed by atoms with Crippen molar-refractivity contribution >= 4 is 17.4 Å². The van der Waals surface area contributed by atoms with Crippen LogP contribution in [-0.4, -0.2) is 49.5 Å². The summed E-state index contributed by atoms with van der Waals surface area (Å²) in [5, 5.41) is 9.98. The van der Waals surface area contributed by atoms with Crippen LogP contribution in [0.5, 0.6) is 5.75 Å². The SMILES string of the molecule is CC.CC(C)(Oc1ccccc1)C1=NCCN1.Cc1ccccc1NC(C)C1=NCCN1. The lowest BCUT2D eigenvalue weighted by atomic mass is 10.1. The van der Waals surface area contributed by atoms with Gasteiger partial charge in [0.05, 0.1) is 19.1 Å². The van der Waals surface area contributed by atoms with Gasteiger partial charge >= 0.3 is 0 Å². The normalized spacial score (nSPS) is 15.4. The largest absolute Gasteiger partial charge is 0.480 e. The molecule has 0 aromatic heterocycles. The molecular formula is C26H39N5O. The van der Waals surface area contributed by atoms with E-state index in [-0.39, 0.29) is 11.6 Å². The van der Waals surface area contributed by atoms with Crippen LogP contribution in [0.4, 0.5) is 5.69 Å². The van der Waals surface area contributed by atoms with E-state index in [4.69, 9.17) is 4.74 Å². The Bertz CT molecular complexity index is 877. The zero-order valence-electron chi connectivity index (χ0n) is 20.4. The van der Waals surface area contributed by atoms with Gasteiger partial charge in [-0.1, -0.05) is 50.2 Å². The third kappa shape index (κ3) is 7.59. The van der Waals surface area contributed by atoms with Crippen LogP contribution in [-0.2, 0) is 0 Å². The third-order valence-corrected chi connectivity index (χ3v) is 4.99. The molecule has 0 fully saturated rings. The van der Waals surface area contributed by atoms with E-state index in [2.05, 4.69) is 58.0 Å². The van der Waals surface area contributed by atoms with Crippen molar-refractivity contribution in [1.29, 1.82) is 0 Å². The Balaban J connectivity index is 0.000000211. The van der Waals surface area contributed by atoms with Crippen molar-refractivity contribution in [3.05, 3.63) is 60.2 Å². The van der Waals surface area contributed by atoms with Gasteiger partial charge < -0.3 is 20.7 Å².